The van der Waals surface area contributed by atoms with Crippen LogP contribution in [0, 0.1) is 12.1 Å². The molecule has 4 heterocycles. The van der Waals surface area contributed by atoms with Gasteiger partial charge in [0.05, 0.1) is 17.2 Å². The maximum Gasteiger partial charge on any atom is 2.00 e. The number of hydrogen-bond acceptors (Lipinski definition) is 2. The number of aromatic nitrogens is 3. The smallest absolute Gasteiger partial charge is 0.318 e. The van der Waals surface area contributed by atoms with E-state index in [2.05, 4.69) is 48.9 Å². The summed E-state index contributed by atoms with van der Waals surface area (Å²) in [6.45, 7) is 3.33. The normalized spacial score (nSPS) is 15.7. The van der Waals surface area contributed by atoms with Gasteiger partial charge in [0.1, 0.15) is 15.6 Å². The molecule has 1 aliphatic heterocycles. The second-order valence-corrected chi connectivity index (χ2v) is 11.0. The number of hydrogen-bond donors (Lipinski definition) is 0. The molecule has 7 rings (SSSR count). The summed E-state index contributed by atoms with van der Waals surface area (Å²) in [6, 6.07) is 18.2. The Bertz CT molecular complexity index is 2450. The topological polar surface area (TPSA) is 36.7 Å². The van der Waals surface area contributed by atoms with Crippen molar-refractivity contribution in [3.8, 4) is 5.82 Å². The summed E-state index contributed by atoms with van der Waals surface area (Å²) in [6.07, 6.45) is 4.97. The number of fused-ring (bicyclic) bond motifs is 4. The van der Waals surface area contributed by atoms with E-state index in [1.807, 2.05) is 18.2 Å². The second-order valence-electron chi connectivity index (χ2n) is 11.0. The third kappa shape index (κ3) is 4.73. The first-order chi connectivity index (χ1) is 23.0. The monoisotopic (exact) mass is 757 g/mol. The molecule has 5 nitrogen and oxygen atoms in total. The summed E-state index contributed by atoms with van der Waals surface area (Å²) in [5.41, 5.74) is 0.127. The number of rotatable bonds is 4. The van der Waals surface area contributed by atoms with E-state index < -0.39 is 48.2 Å². The predicted octanol–water partition coefficient (Wildman–Crippen LogP) is 7.91. The molecule has 0 fully saturated rings. The Kier molecular flexibility index (Phi) is 5.20. The van der Waals surface area contributed by atoms with Gasteiger partial charge in [-0.25, -0.2) is 13.8 Å². The van der Waals surface area contributed by atoms with Gasteiger partial charge in [0.25, 0.3) is 17.3 Å². The Hall–Kier alpha value is -4.31. The molecule has 43 heavy (non-hydrogen) atoms. The summed E-state index contributed by atoms with van der Waals surface area (Å²) in [4.78, 5) is 8.86. The van der Waals surface area contributed by atoms with Crippen molar-refractivity contribution in [3.05, 3.63) is 120 Å². The second kappa shape index (κ2) is 10.4. The quantitative estimate of drug-likeness (QED) is 0.136. The predicted molar refractivity (Wildman–Crippen MR) is 161 cm³/mol. The van der Waals surface area contributed by atoms with Gasteiger partial charge >= 0.3 is 27.1 Å². The minimum absolute atomic E-state index is 0. The Labute approximate surface area is 272 Å². The minimum Gasteiger partial charge on any atom is -0.318 e. The third-order valence-electron chi connectivity index (χ3n) is 7.31. The molecule has 214 valence electrons. The number of halogens is 2. The van der Waals surface area contributed by atoms with Gasteiger partial charge in [-0.3, -0.25) is 4.98 Å². The third-order valence-corrected chi connectivity index (χ3v) is 7.31. The van der Waals surface area contributed by atoms with Crippen LogP contribution in [-0.4, -0.2) is 32.1 Å². The van der Waals surface area contributed by atoms with Crippen LogP contribution in [0.1, 0.15) is 47.1 Å². The van der Waals surface area contributed by atoms with E-state index >= 15 is 8.78 Å². The zero-order valence-corrected chi connectivity index (χ0v) is 25.4. The van der Waals surface area contributed by atoms with Gasteiger partial charge in [-0.2, -0.15) is 24.3 Å². The summed E-state index contributed by atoms with van der Waals surface area (Å²) in [7, 11) is 0. The minimum atomic E-state index is -3.66. The van der Waals surface area contributed by atoms with Gasteiger partial charge in [0.2, 0.25) is 0 Å². The van der Waals surface area contributed by atoms with Crippen molar-refractivity contribution in [2.45, 2.75) is 32.1 Å². The number of alkyl halides is 2. The Morgan fingerprint density at radius 2 is 1.74 bits per heavy atom. The van der Waals surface area contributed by atoms with E-state index in [0.717, 1.165) is 15.5 Å². The molecule has 0 N–H and O–H groups in total. The maximum atomic E-state index is 16.6. The van der Waals surface area contributed by atoms with E-state index in [-0.39, 0.29) is 43.5 Å². The van der Waals surface area contributed by atoms with Gasteiger partial charge in [0.15, 0.2) is 6.98 Å². The van der Waals surface area contributed by atoms with Crippen LogP contribution in [0.2, 0.25) is 0 Å². The fraction of sp³-hybridized carbons (Fsp3) is 0.171. The molecule has 0 atom stereocenters. The Balaban J connectivity index is 0.00000432. The molecule has 0 amide bonds. The number of nitrogens with zero attached hydrogens (tertiary/aromatic N) is 5. The molecule has 0 bridgehead atoms. The molecule has 3 aromatic heterocycles. The molecule has 6 aromatic rings. The van der Waals surface area contributed by atoms with Crippen LogP contribution in [0.25, 0.3) is 27.6 Å². The van der Waals surface area contributed by atoms with Crippen LogP contribution in [0.3, 0.4) is 0 Å². The van der Waals surface area contributed by atoms with Crippen molar-refractivity contribution >= 4 is 44.9 Å². The van der Waals surface area contributed by atoms with Gasteiger partial charge < -0.3 is 4.57 Å². The average molecular weight is 758 g/mol. The largest absolute Gasteiger partial charge is 2.00 e. The van der Waals surface area contributed by atoms with Gasteiger partial charge in [0, 0.05) is 24.5 Å². The van der Waals surface area contributed by atoms with Crippen LogP contribution in [-0.2, 0) is 32.4 Å². The van der Waals surface area contributed by atoms with E-state index in [0.29, 0.717) is 26.8 Å². The van der Waals surface area contributed by atoms with Gasteiger partial charge in [-0.15, -0.1) is 11.5 Å². The molecule has 0 saturated carbocycles. The fourth-order valence-corrected chi connectivity index (χ4v) is 5.13. The SMILES string of the molecule is [2H]c1c([2H])c([2H])c2c(c1[2H])[N+](c1[c-]c(C(F)(F)c3[c-]c4c(cc3)c3ccncc3n4-c3cc(C(C)(C)C)ccn3)ccc1)=C=[N+]2C([2H])([2H])[2H].[Pt+2]. The first kappa shape index (κ1) is 21.4. The molecule has 0 spiro atoms. The van der Waals surface area contributed by atoms with Crippen molar-refractivity contribution < 1.29 is 44.0 Å². The molecule has 0 saturated heterocycles. The van der Waals surface area contributed by atoms with Crippen molar-refractivity contribution in [2.75, 3.05) is 6.98 Å². The Morgan fingerprint density at radius 1 is 0.953 bits per heavy atom. The standard InChI is InChI=1S/C35H27F2N5.Pt/c1-34(2,3)23-14-17-39-33(20-23)42-31-19-25(12-13-27(31)28-15-16-38-21-32(28)42)35(36,37)24-8-7-9-26(18-24)41-22-40(4)29-10-5-6-11-30(29)41;/h5-17,20-21H,1-4H3;/q;+2/i4D3,5D,6D,10D,11D;. The zero-order chi connectivity index (χ0) is 35.2. The first-order valence-electron chi connectivity index (χ1n) is 16.7. The van der Waals surface area contributed by atoms with Crippen molar-refractivity contribution in [1.29, 1.82) is 0 Å². The van der Waals surface area contributed by atoms with Crippen LogP contribution in [0.15, 0.2) is 91.3 Å². The molecular formula is C35H27F2N5Pt+2. The maximum absolute atomic E-state index is 16.6. The summed E-state index contributed by atoms with van der Waals surface area (Å²) in [5.74, 6) is -3.14. The number of pyridine rings is 2. The average Bonchev–Trinajstić information content (AvgIpc) is 3.63. The van der Waals surface area contributed by atoms with Gasteiger partial charge in [-0.1, -0.05) is 70.8 Å². The van der Waals surface area contributed by atoms with Crippen molar-refractivity contribution in [1.82, 2.24) is 19.1 Å². The molecule has 0 aliphatic carbocycles. The number of para-hydroxylation sites is 2. The van der Waals surface area contributed by atoms with E-state index in [4.69, 9.17) is 9.60 Å². The van der Waals surface area contributed by atoms with Gasteiger partial charge in [-0.05, 0) is 34.6 Å². The molecular weight excluding hydrogens is 723 g/mol. The van der Waals surface area contributed by atoms with E-state index in [9.17, 15) is 0 Å². The number of benzene rings is 3. The Morgan fingerprint density at radius 3 is 2.53 bits per heavy atom. The van der Waals surface area contributed by atoms with E-state index in [1.165, 1.54) is 24.3 Å². The molecule has 1 aliphatic rings. The molecule has 3 aromatic carbocycles. The van der Waals surface area contributed by atoms with Crippen molar-refractivity contribution in [2.24, 2.45) is 0 Å². The summed E-state index contributed by atoms with van der Waals surface area (Å²) >= 11 is 0. The van der Waals surface area contributed by atoms with Crippen molar-refractivity contribution in [3.63, 3.8) is 0 Å². The van der Waals surface area contributed by atoms with E-state index in [1.54, 1.807) is 29.2 Å². The summed E-state index contributed by atoms with van der Waals surface area (Å²) in [5, 5.41) is 1.46. The van der Waals surface area contributed by atoms with Crippen LogP contribution >= 0.6 is 0 Å². The van der Waals surface area contributed by atoms with Crippen LogP contribution < -0.4 is 4.58 Å². The first-order valence-corrected chi connectivity index (χ1v) is 13.2. The molecule has 0 radical (unpaired) electrons. The molecule has 0 unspecified atom stereocenters. The zero-order valence-electron chi connectivity index (χ0n) is 30.2. The fourth-order valence-electron chi connectivity index (χ4n) is 5.13. The summed E-state index contributed by atoms with van der Waals surface area (Å²) < 4.78 is 93.4. The van der Waals surface area contributed by atoms with Crippen LogP contribution in [0.5, 0.6) is 0 Å². The van der Waals surface area contributed by atoms with Crippen LogP contribution in [0.4, 0.5) is 25.8 Å². The molecule has 8 heteroatoms.